The van der Waals surface area contributed by atoms with Gasteiger partial charge in [0.2, 0.25) is 0 Å². The van der Waals surface area contributed by atoms with Crippen LogP contribution in [0.15, 0.2) is 12.4 Å². The van der Waals surface area contributed by atoms with Gasteiger partial charge < -0.3 is 14.9 Å². The molecule has 2 aliphatic rings. The number of amides is 1. The van der Waals surface area contributed by atoms with Crippen molar-refractivity contribution in [2.75, 3.05) is 31.6 Å². The molecule has 2 aromatic heterocycles. The van der Waals surface area contributed by atoms with E-state index in [1.807, 2.05) is 17.9 Å². The first-order valence-electron chi connectivity index (χ1n) is 9.03. The largest absolute Gasteiger partial charge is 0.386 e. The Balaban J connectivity index is 1.44. The van der Waals surface area contributed by atoms with Crippen LogP contribution in [0.1, 0.15) is 40.3 Å². The molecule has 0 saturated carbocycles. The third-order valence-electron chi connectivity index (χ3n) is 5.33. The fraction of sp³-hybridized carbons (Fsp3) is 0.556. The minimum Gasteiger partial charge on any atom is -0.386 e. The van der Waals surface area contributed by atoms with Gasteiger partial charge in [0.1, 0.15) is 17.7 Å². The van der Waals surface area contributed by atoms with E-state index in [1.165, 1.54) is 6.33 Å². The number of aromatic nitrogens is 4. The maximum Gasteiger partial charge on any atom is 0.274 e. The summed E-state index contributed by atoms with van der Waals surface area (Å²) in [6.07, 6.45) is 5.04. The molecular formula is C18H24N6O2. The number of fused-ring (bicyclic) bond motifs is 1. The number of carbonyl (C=O) groups excluding carboxylic acids is 1. The molecular weight excluding hydrogens is 332 g/mol. The zero-order valence-corrected chi connectivity index (χ0v) is 15.2. The van der Waals surface area contributed by atoms with Crippen molar-refractivity contribution < 1.29 is 9.90 Å². The second-order valence-electron chi connectivity index (χ2n) is 7.46. The van der Waals surface area contributed by atoms with Crippen LogP contribution in [-0.4, -0.2) is 68.4 Å². The van der Waals surface area contributed by atoms with Crippen LogP contribution >= 0.6 is 0 Å². The first kappa shape index (κ1) is 17.0. The molecule has 3 heterocycles. The number of hydrogen-bond acceptors (Lipinski definition) is 6. The van der Waals surface area contributed by atoms with E-state index >= 15 is 0 Å². The number of aromatic amines is 1. The van der Waals surface area contributed by atoms with Crippen molar-refractivity contribution in [2.24, 2.45) is 0 Å². The van der Waals surface area contributed by atoms with E-state index in [2.05, 4.69) is 20.2 Å². The number of nitrogens with zero attached hydrogens (tertiary/aromatic N) is 5. The van der Waals surface area contributed by atoms with E-state index in [1.54, 1.807) is 11.9 Å². The molecule has 1 amide bonds. The smallest absolute Gasteiger partial charge is 0.274 e. The first-order valence-corrected chi connectivity index (χ1v) is 9.03. The SMILES string of the molecule is Cc1cc(N2CC[C@@](O)(CN(C)C(=O)c3n[nH]c4c3CCC4)C2)ncn1. The topological polar surface area (TPSA) is 98.2 Å². The highest BCUT2D eigenvalue weighted by molar-refractivity contribution is 5.94. The van der Waals surface area contributed by atoms with Crippen molar-refractivity contribution in [3.05, 3.63) is 35.0 Å². The lowest BCUT2D eigenvalue weighted by atomic mass is 10.0. The van der Waals surface area contributed by atoms with Gasteiger partial charge in [-0.1, -0.05) is 0 Å². The molecule has 26 heavy (non-hydrogen) atoms. The fourth-order valence-corrected chi connectivity index (χ4v) is 3.98. The molecule has 2 N–H and O–H groups in total. The number of β-amino-alcohol motifs (C(OH)–C–C–N with tert-alkyl or cyclic N) is 1. The van der Waals surface area contributed by atoms with Gasteiger partial charge in [-0.3, -0.25) is 9.89 Å². The molecule has 1 fully saturated rings. The molecule has 8 heteroatoms. The summed E-state index contributed by atoms with van der Waals surface area (Å²) in [7, 11) is 1.73. The predicted molar refractivity (Wildman–Crippen MR) is 96.1 cm³/mol. The van der Waals surface area contributed by atoms with Crippen molar-refractivity contribution in [3.63, 3.8) is 0 Å². The van der Waals surface area contributed by atoms with Crippen molar-refractivity contribution in [1.82, 2.24) is 25.1 Å². The lowest BCUT2D eigenvalue weighted by Gasteiger charge is -2.29. The number of hydrogen-bond donors (Lipinski definition) is 2. The number of carbonyl (C=O) groups is 1. The summed E-state index contributed by atoms with van der Waals surface area (Å²) in [5.74, 6) is 0.682. The Hall–Kier alpha value is -2.48. The molecule has 4 rings (SSSR count). The zero-order chi connectivity index (χ0) is 18.3. The highest BCUT2D eigenvalue weighted by atomic mass is 16.3. The van der Waals surface area contributed by atoms with Crippen LogP contribution in [0.5, 0.6) is 0 Å². The van der Waals surface area contributed by atoms with Gasteiger partial charge in [-0.05, 0) is 32.6 Å². The van der Waals surface area contributed by atoms with Gasteiger partial charge >= 0.3 is 0 Å². The monoisotopic (exact) mass is 356 g/mol. The van der Waals surface area contributed by atoms with Crippen molar-refractivity contribution in [2.45, 2.75) is 38.2 Å². The van der Waals surface area contributed by atoms with Gasteiger partial charge in [0.25, 0.3) is 5.91 Å². The van der Waals surface area contributed by atoms with E-state index < -0.39 is 5.60 Å². The number of likely N-dealkylation sites (N-methyl/N-ethyl adjacent to an activating group) is 1. The second-order valence-corrected chi connectivity index (χ2v) is 7.46. The number of H-pyrrole nitrogens is 1. The van der Waals surface area contributed by atoms with Gasteiger partial charge in [-0.25, -0.2) is 9.97 Å². The summed E-state index contributed by atoms with van der Waals surface area (Å²) in [4.78, 5) is 24.8. The van der Waals surface area contributed by atoms with Gasteiger partial charge in [-0.2, -0.15) is 5.10 Å². The summed E-state index contributed by atoms with van der Waals surface area (Å²) >= 11 is 0. The van der Waals surface area contributed by atoms with E-state index in [0.29, 0.717) is 25.2 Å². The minimum atomic E-state index is -0.956. The van der Waals surface area contributed by atoms with Crippen LogP contribution < -0.4 is 4.90 Å². The molecule has 0 bridgehead atoms. The third kappa shape index (κ3) is 3.05. The Kier molecular flexibility index (Phi) is 4.14. The Morgan fingerprint density at radius 2 is 2.27 bits per heavy atom. The fourth-order valence-electron chi connectivity index (χ4n) is 3.98. The van der Waals surface area contributed by atoms with Crippen LogP contribution in [0.2, 0.25) is 0 Å². The van der Waals surface area contributed by atoms with Gasteiger partial charge in [0.15, 0.2) is 5.69 Å². The quantitative estimate of drug-likeness (QED) is 0.837. The van der Waals surface area contributed by atoms with Crippen LogP contribution in [0.3, 0.4) is 0 Å². The molecule has 1 aliphatic carbocycles. The van der Waals surface area contributed by atoms with Crippen molar-refractivity contribution >= 4 is 11.7 Å². The maximum absolute atomic E-state index is 12.8. The van der Waals surface area contributed by atoms with Gasteiger partial charge in [0.05, 0.1) is 6.54 Å². The van der Waals surface area contributed by atoms with Crippen LogP contribution in [0, 0.1) is 6.92 Å². The summed E-state index contributed by atoms with van der Waals surface area (Å²) in [5.41, 5.74) is 2.56. The van der Waals surface area contributed by atoms with E-state index in [-0.39, 0.29) is 12.5 Å². The van der Waals surface area contributed by atoms with Crippen molar-refractivity contribution in [1.29, 1.82) is 0 Å². The maximum atomic E-state index is 12.8. The number of nitrogens with one attached hydrogen (secondary N) is 1. The van der Waals surface area contributed by atoms with Gasteiger partial charge in [-0.15, -0.1) is 0 Å². The number of anilines is 1. The number of rotatable bonds is 4. The Bertz CT molecular complexity index is 835. The Morgan fingerprint density at radius 1 is 1.42 bits per heavy atom. The highest BCUT2D eigenvalue weighted by Crippen LogP contribution is 2.28. The Labute approximate surface area is 152 Å². The average Bonchev–Trinajstić information content (AvgIpc) is 3.29. The summed E-state index contributed by atoms with van der Waals surface area (Å²) < 4.78 is 0. The van der Waals surface area contributed by atoms with Gasteiger partial charge in [0, 0.05) is 43.2 Å². The lowest BCUT2D eigenvalue weighted by Crippen LogP contribution is -2.46. The predicted octanol–water partition coefficient (Wildman–Crippen LogP) is 0.710. The summed E-state index contributed by atoms with van der Waals surface area (Å²) in [6, 6.07) is 1.91. The van der Waals surface area contributed by atoms with Crippen LogP contribution in [-0.2, 0) is 12.8 Å². The zero-order valence-electron chi connectivity index (χ0n) is 15.2. The third-order valence-corrected chi connectivity index (χ3v) is 5.33. The molecule has 1 saturated heterocycles. The Morgan fingerprint density at radius 3 is 3.08 bits per heavy atom. The minimum absolute atomic E-state index is 0.130. The number of aryl methyl sites for hydroxylation is 2. The summed E-state index contributed by atoms with van der Waals surface area (Å²) in [5, 5.41) is 18.2. The molecule has 2 aromatic rings. The van der Waals surface area contributed by atoms with Crippen LogP contribution in [0.4, 0.5) is 5.82 Å². The molecule has 1 aliphatic heterocycles. The first-order chi connectivity index (χ1) is 12.5. The number of aliphatic hydroxyl groups is 1. The molecule has 0 aromatic carbocycles. The van der Waals surface area contributed by atoms with Crippen molar-refractivity contribution in [3.8, 4) is 0 Å². The molecule has 8 nitrogen and oxygen atoms in total. The van der Waals surface area contributed by atoms with Crippen LogP contribution in [0.25, 0.3) is 0 Å². The molecule has 138 valence electrons. The normalized spacial score (nSPS) is 21.9. The summed E-state index contributed by atoms with van der Waals surface area (Å²) in [6.45, 7) is 3.34. The van der Waals surface area contributed by atoms with E-state index in [9.17, 15) is 9.90 Å². The lowest BCUT2D eigenvalue weighted by molar-refractivity contribution is 0.0261. The standard InChI is InChI=1S/C18H24N6O2/c1-12-8-15(20-11-19-12)24-7-6-18(26,10-24)9-23(2)17(25)16-13-4-3-5-14(13)21-22-16/h8,11,26H,3-7,9-10H2,1-2H3,(H,21,22)/t18-/m1/s1. The highest BCUT2D eigenvalue weighted by Gasteiger charge is 2.39. The van der Waals surface area contributed by atoms with E-state index in [4.69, 9.17) is 0 Å². The molecule has 1 atom stereocenters. The molecule has 0 spiro atoms. The second kappa shape index (κ2) is 6.35. The van der Waals surface area contributed by atoms with E-state index in [0.717, 1.165) is 42.0 Å². The molecule has 0 unspecified atom stereocenters. The average molecular weight is 356 g/mol. The molecule has 0 radical (unpaired) electrons.